The molecule has 2 aromatic heterocycles. The van der Waals surface area contributed by atoms with Gasteiger partial charge in [-0.05, 0) is 49.4 Å². The zero-order chi connectivity index (χ0) is 29.4. The Morgan fingerprint density at radius 1 is 1.19 bits per heavy atom. The molecule has 1 aromatic carbocycles. The summed E-state index contributed by atoms with van der Waals surface area (Å²) >= 11 is 0. The van der Waals surface area contributed by atoms with Gasteiger partial charge >= 0.3 is 0 Å². The van der Waals surface area contributed by atoms with E-state index in [1.807, 2.05) is 28.9 Å². The number of benzene rings is 1. The molecule has 2 aliphatic rings. The van der Waals surface area contributed by atoms with Crippen molar-refractivity contribution in [3.63, 3.8) is 0 Å². The molecule has 0 radical (unpaired) electrons. The first kappa shape index (κ1) is 29.3. The van der Waals surface area contributed by atoms with Crippen LogP contribution in [-0.4, -0.2) is 72.0 Å². The molecular formula is C30H39N7O5. The first-order valence-electron chi connectivity index (χ1n) is 14.5. The van der Waals surface area contributed by atoms with Gasteiger partial charge in [0.1, 0.15) is 0 Å². The van der Waals surface area contributed by atoms with Crippen molar-refractivity contribution in [2.45, 2.75) is 45.1 Å². The standard InChI is InChI=1S/C30H39N7O5/c1-41-24-7-6-22-13-25(24)42-19-28(39)33-10-9-31-8-2-3-27(38)35-20-30(15-22,14-21-4-5-21)29(40)34-16-23-18-37-12-11-32-17-26(37)36-23/h6-7,11-13,17-18,21,31H,2-5,8-10,14-16,19-20H2,1H3,(H,33,39)(H,34,40)(H,35,38). The Hall–Kier alpha value is -4.19. The van der Waals surface area contributed by atoms with Crippen LogP contribution in [0.25, 0.3) is 5.65 Å². The second kappa shape index (κ2) is 13.6. The van der Waals surface area contributed by atoms with Gasteiger partial charge in [0, 0.05) is 44.6 Å². The summed E-state index contributed by atoms with van der Waals surface area (Å²) in [7, 11) is 1.54. The van der Waals surface area contributed by atoms with E-state index < -0.39 is 5.41 Å². The molecule has 224 valence electrons. The molecule has 0 saturated heterocycles. The van der Waals surface area contributed by atoms with Gasteiger partial charge in [0.15, 0.2) is 23.8 Å². The maximum atomic E-state index is 14.1. The number of ether oxygens (including phenoxy) is 2. The van der Waals surface area contributed by atoms with E-state index in [0.717, 1.165) is 18.4 Å². The quantitative estimate of drug-likeness (QED) is 0.344. The molecule has 0 spiro atoms. The predicted molar refractivity (Wildman–Crippen MR) is 155 cm³/mol. The van der Waals surface area contributed by atoms with Gasteiger partial charge in [0.25, 0.3) is 5.91 Å². The van der Waals surface area contributed by atoms with Crippen LogP contribution in [0, 0.1) is 11.3 Å². The molecule has 3 aromatic rings. The smallest absolute Gasteiger partial charge is 0.257 e. The zero-order valence-corrected chi connectivity index (χ0v) is 24.0. The highest BCUT2D eigenvalue weighted by Gasteiger charge is 2.43. The molecule has 1 unspecified atom stereocenters. The van der Waals surface area contributed by atoms with Crippen molar-refractivity contribution >= 4 is 23.4 Å². The van der Waals surface area contributed by atoms with Gasteiger partial charge in [0.2, 0.25) is 11.8 Å². The average molecular weight is 578 g/mol. The van der Waals surface area contributed by atoms with Crippen LogP contribution in [0.5, 0.6) is 11.5 Å². The first-order valence-corrected chi connectivity index (χ1v) is 14.5. The van der Waals surface area contributed by atoms with Crippen molar-refractivity contribution in [2.24, 2.45) is 11.3 Å². The summed E-state index contributed by atoms with van der Waals surface area (Å²) in [5.41, 5.74) is 1.37. The Morgan fingerprint density at radius 2 is 2.07 bits per heavy atom. The van der Waals surface area contributed by atoms with E-state index in [1.165, 1.54) is 0 Å². The van der Waals surface area contributed by atoms with E-state index in [0.29, 0.717) is 74.1 Å². The normalized spacial score (nSPS) is 20.9. The molecule has 2 bridgehead atoms. The minimum atomic E-state index is -0.898. The van der Waals surface area contributed by atoms with Gasteiger partial charge in [-0.3, -0.25) is 19.4 Å². The van der Waals surface area contributed by atoms with Gasteiger partial charge in [-0.15, -0.1) is 0 Å². The highest BCUT2D eigenvalue weighted by atomic mass is 16.5. The van der Waals surface area contributed by atoms with Crippen LogP contribution in [0.2, 0.25) is 0 Å². The Kier molecular flexibility index (Phi) is 9.52. The molecule has 1 atom stereocenters. The molecule has 42 heavy (non-hydrogen) atoms. The molecule has 3 amide bonds. The summed E-state index contributed by atoms with van der Waals surface area (Å²) in [6.45, 7) is 1.98. The van der Waals surface area contributed by atoms with Crippen LogP contribution >= 0.6 is 0 Å². The lowest BCUT2D eigenvalue weighted by molar-refractivity contribution is -0.132. The minimum Gasteiger partial charge on any atom is -0.493 e. The number of fused-ring (bicyclic) bond motifs is 3. The molecule has 12 heteroatoms. The Morgan fingerprint density at radius 3 is 2.88 bits per heavy atom. The lowest BCUT2D eigenvalue weighted by Gasteiger charge is -2.33. The summed E-state index contributed by atoms with van der Waals surface area (Å²) in [5.74, 6) is 0.856. The van der Waals surface area contributed by atoms with E-state index in [1.54, 1.807) is 25.6 Å². The van der Waals surface area contributed by atoms with Crippen molar-refractivity contribution in [3.8, 4) is 11.5 Å². The summed E-state index contributed by atoms with van der Waals surface area (Å²) in [6, 6.07) is 5.51. The first-order chi connectivity index (χ1) is 20.4. The van der Waals surface area contributed by atoms with E-state index in [9.17, 15) is 14.4 Å². The molecule has 4 N–H and O–H groups in total. The maximum Gasteiger partial charge on any atom is 0.257 e. The third kappa shape index (κ3) is 7.75. The van der Waals surface area contributed by atoms with Crippen LogP contribution in [-0.2, 0) is 27.3 Å². The zero-order valence-electron chi connectivity index (χ0n) is 24.0. The summed E-state index contributed by atoms with van der Waals surface area (Å²) < 4.78 is 13.2. The highest BCUT2D eigenvalue weighted by molar-refractivity contribution is 5.85. The topological polar surface area (TPSA) is 148 Å². The van der Waals surface area contributed by atoms with Crippen LogP contribution in [0.4, 0.5) is 0 Å². The predicted octanol–water partition coefficient (Wildman–Crippen LogP) is 1.38. The number of amides is 3. The van der Waals surface area contributed by atoms with Crippen molar-refractivity contribution in [1.82, 2.24) is 35.6 Å². The average Bonchev–Trinajstić information content (AvgIpc) is 3.71. The fourth-order valence-corrected chi connectivity index (χ4v) is 5.35. The van der Waals surface area contributed by atoms with Crippen LogP contribution in [0.3, 0.4) is 0 Å². The van der Waals surface area contributed by atoms with Crippen molar-refractivity contribution in [3.05, 3.63) is 54.2 Å². The van der Waals surface area contributed by atoms with Gasteiger partial charge in [-0.1, -0.05) is 18.9 Å². The van der Waals surface area contributed by atoms with Gasteiger partial charge < -0.3 is 35.1 Å². The van der Waals surface area contributed by atoms with E-state index in [-0.39, 0.29) is 37.4 Å². The number of methoxy groups -OCH3 is 1. The second-order valence-electron chi connectivity index (χ2n) is 11.1. The number of rotatable bonds is 6. The number of nitrogens with one attached hydrogen (secondary N) is 4. The van der Waals surface area contributed by atoms with Crippen molar-refractivity contribution < 1.29 is 23.9 Å². The number of hydrogen-bond donors (Lipinski definition) is 4. The maximum absolute atomic E-state index is 14.1. The van der Waals surface area contributed by atoms with Crippen molar-refractivity contribution in [2.75, 3.05) is 39.9 Å². The number of imidazole rings is 1. The summed E-state index contributed by atoms with van der Waals surface area (Å²) in [6.07, 6.45) is 11.1. The van der Waals surface area contributed by atoms with Crippen molar-refractivity contribution in [1.29, 1.82) is 0 Å². The number of aromatic nitrogens is 3. The summed E-state index contributed by atoms with van der Waals surface area (Å²) in [4.78, 5) is 48.1. The van der Waals surface area contributed by atoms with Gasteiger partial charge in [-0.2, -0.15) is 0 Å². The molecule has 12 nitrogen and oxygen atoms in total. The summed E-state index contributed by atoms with van der Waals surface area (Å²) in [5, 5.41) is 12.3. The fourth-order valence-electron chi connectivity index (χ4n) is 5.35. The van der Waals surface area contributed by atoms with Crippen LogP contribution in [0.15, 0.2) is 43.0 Å². The highest BCUT2D eigenvalue weighted by Crippen LogP contribution is 2.43. The molecule has 3 heterocycles. The second-order valence-corrected chi connectivity index (χ2v) is 11.1. The molecule has 1 saturated carbocycles. The number of carbonyl (C=O) groups excluding carboxylic acids is 3. The van der Waals surface area contributed by atoms with Gasteiger partial charge in [-0.25, -0.2) is 4.98 Å². The minimum absolute atomic E-state index is 0.0919. The third-order valence-corrected chi connectivity index (χ3v) is 7.74. The monoisotopic (exact) mass is 577 g/mol. The SMILES string of the molecule is COc1ccc2cc1OCC(=O)NCCNCCCC(=O)NCC(CC1CC1)(C(=O)NCc1cn3ccncc3n1)C2. The Balaban J connectivity index is 1.42. The molecule has 1 fully saturated rings. The largest absolute Gasteiger partial charge is 0.493 e. The Labute approximate surface area is 245 Å². The molecule has 5 rings (SSSR count). The lowest BCUT2D eigenvalue weighted by Crippen LogP contribution is -2.50. The fraction of sp³-hybridized carbons (Fsp3) is 0.500. The Bertz CT molecular complexity index is 1370. The number of hydrogen-bond acceptors (Lipinski definition) is 8. The number of carbonyl (C=O) groups is 3. The lowest BCUT2D eigenvalue weighted by atomic mass is 9.75. The van der Waals surface area contributed by atoms with E-state index in [4.69, 9.17) is 9.47 Å². The van der Waals surface area contributed by atoms with E-state index in [2.05, 4.69) is 31.2 Å². The number of nitrogens with zero attached hydrogens (tertiary/aromatic N) is 3. The van der Waals surface area contributed by atoms with Crippen LogP contribution < -0.4 is 30.7 Å². The van der Waals surface area contributed by atoms with E-state index >= 15 is 0 Å². The molecular weight excluding hydrogens is 538 g/mol. The molecule has 1 aliphatic heterocycles. The van der Waals surface area contributed by atoms with Gasteiger partial charge in [0.05, 0.1) is 31.0 Å². The van der Waals surface area contributed by atoms with Crippen LogP contribution in [0.1, 0.15) is 43.4 Å². The molecule has 1 aliphatic carbocycles. The third-order valence-electron chi connectivity index (χ3n) is 7.74.